The van der Waals surface area contributed by atoms with E-state index in [9.17, 15) is 4.79 Å². The van der Waals surface area contributed by atoms with Gasteiger partial charge in [0.1, 0.15) is 0 Å². The van der Waals surface area contributed by atoms with Crippen molar-refractivity contribution in [3.05, 3.63) is 40.7 Å². The number of amides is 1. The maximum Gasteiger partial charge on any atom is 0.220 e. The number of piperidine rings is 1. The Morgan fingerprint density at radius 2 is 1.93 bits per heavy atom. The topological polar surface area (TPSA) is 89.9 Å². The second-order valence-corrected chi connectivity index (χ2v) is 8.05. The van der Waals surface area contributed by atoms with Gasteiger partial charge in [0.2, 0.25) is 5.91 Å². The molecule has 2 heterocycles. The fourth-order valence-electron chi connectivity index (χ4n) is 3.56. The number of tetrazole rings is 1. The number of aromatic nitrogens is 4. The molecule has 1 aliphatic rings. The molecule has 7 nitrogen and oxygen atoms in total. The quantitative estimate of drug-likeness (QED) is 0.784. The molecule has 0 unspecified atom stereocenters. The fourth-order valence-corrected chi connectivity index (χ4v) is 3.68. The molecule has 1 amide bonds. The summed E-state index contributed by atoms with van der Waals surface area (Å²) in [5.41, 5.74) is 6.59. The fraction of sp³-hybridized carbons (Fsp3) is 0.579. The van der Waals surface area contributed by atoms with Crippen LogP contribution in [-0.4, -0.2) is 44.1 Å². The van der Waals surface area contributed by atoms with Crippen LogP contribution in [0.1, 0.15) is 50.5 Å². The summed E-state index contributed by atoms with van der Waals surface area (Å²) in [4.78, 5) is 13.9. The Hall–Kier alpha value is -1.99. The number of hydrogen-bond donors (Lipinski definition) is 1. The van der Waals surface area contributed by atoms with Gasteiger partial charge in [0.05, 0.1) is 6.04 Å². The SMILES string of the molecule is CC(C)CCn1nnnc1[C@H](c1ccc(Cl)cc1)N1CCC(C(N)=O)CC1. The highest BCUT2D eigenvalue weighted by Gasteiger charge is 2.32. The minimum atomic E-state index is -0.209. The highest BCUT2D eigenvalue weighted by molar-refractivity contribution is 6.30. The van der Waals surface area contributed by atoms with Gasteiger partial charge in [-0.15, -0.1) is 5.10 Å². The third kappa shape index (κ3) is 4.84. The summed E-state index contributed by atoms with van der Waals surface area (Å²) in [7, 11) is 0. The van der Waals surface area contributed by atoms with Crippen molar-refractivity contribution in [3.8, 4) is 0 Å². The molecule has 1 saturated heterocycles. The lowest BCUT2D eigenvalue weighted by atomic mass is 9.93. The third-order valence-corrected chi connectivity index (χ3v) is 5.46. The Balaban J connectivity index is 1.89. The van der Waals surface area contributed by atoms with Crippen LogP contribution >= 0.6 is 11.6 Å². The number of rotatable bonds is 7. The van der Waals surface area contributed by atoms with Gasteiger partial charge >= 0.3 is 0 Å². The van der Waals surface area contributed by atoms with E-state index in [4.69, 9.17) is 17.3 Å². The molecule has 3 rings (SSSR count). The maximum atomic E-state index is 11.5. The number of carbonyl (C=O) groups is 1. The summed E-state index contributed by atoms with van der Waals surface area (Å²) in [6.45, 7) is 6.71. The first-order valence-corrected chi connectivity index (χ1v) is 9.88. The Labute approximate surface area is 164 Å². The summed E-state index contributed by atoms with van der Waals surface area (Å²) in [5.74, 6) is 1.14. The standard InChI is InChI=1S/C19H27ClN6O/c1-13(2)7-12-26-19(22-23-24-26)17(14-3-5-16(20)6-4-14)25-10-8-15(9-11-25)18(21)27/h3-6,13,15,17H,7-12H2,1-2H3,(H2,21,27)/t17-/m0/s1. The largest absolute Gasteiger partial charge is 0.369 e. The van der Waals surface area contributed by atoms with Crippen LogP contribution in [0.2, 0.25) is 5.02 Å². The van der Waals surface area contributed by atoms with Crippen LogP contribution in [0.4, 0.5) is 0 Å². The van der Waals surface area contributed by atoms with Gasteiger partial charge in [0.25, 0.3) is 0 Å². The monoisotopic (exact) mass is 390 g/mol. The van der Waals surface area contributed by atoms with Crippen LogP contribution in [0.5, 0.6) is 0 Å². The van der Waals surface area contributed by atoms with Crippen LogP contribution in [-0.2, 0) is 11.3 Å². The number of likely N-dealkylation sites (tertiary alicyclic amines) is 1. The van der Waals surface area contributed by atoms with Crippen molar-refractivity contribution in [2.45, 2.75) is 45.7 Å². The van der Waals surface area contributed by atoms with E-state index in [1.165, 1.54) is 0 Å². The Morgan fingerprint density at radius 1 is 1.26 bits per heavy atom. The molecule has 2 aromatic rings. The second kappa shape index (κ2) is 8.80. The smallest absolute Gasteiger partial charge is 0.220 e. The van der Waals surface area contributed by atoms with Crippen LogP contribution in [0.3, 0.4) is 0 Å². The van der Waals surface area contributed by atoms with E-state index in [0.717, 1.165) is 50.3 Å². The summed E-state index contributed by atoms with van der Waals surface area (Å²) >= 11 is 6.09. The molecule has 0 radical (unpaired) electrons. The number of nitrogens with two attached hydrogens (primary N) is 1. The third-order valence-electron chi connectivity index (χ3n) is 5.21. The molecule has 8 heteroatoms. The lowest BCUT2D eigenvalue weighted by molar-refractivity contribution is -0.123. The van der Waals surface area contributed by atoms with Crippen molar-refractivity contribution in [2.75, 3.05) is 13.1 Å². The van der Waals surface area contributed by atoms with Gasteiger partial charge in [-0.1, -0.05) is 37.6 Å². The molecule has 146 valence electrons. The molecule has 2 N–H and O–H groups in total. The van der Waals surface area contributed by atoms with Gasteiger partial charge in [-0.05, 0) is 66.4 Å². The number of aryl methyl sites for hydroxylation is 1. The van der Waals surface area contributed by atoms with Gasteiger partial charge in [0.15, 0.2) is 5.82 Å². The molecule has 1 aromatic carbocycles. The normalized spacial score (nSPS) is 17.3. The average molecular weight is 391 g/mol. The number of halogens is 1. The zero-order valence-corrected chi connectivity index (χ0v) is 16.6. The average Bonchev–Trinajstić information content (AvgIpc) is 3.10. The van der Waals surface area contributed by atoms with Crippen molar-refractivity contribution >= 4 is 17.5 Å². The summed E-state index contributed by atoms with van der Waals surface area (Å²) in [6.07, 6.45) is 2.52. The molecule has 0 bridgehead atoms. The van der Waals surface area contributed by atoms with Crippen molar-refractivity contribution in [2.24, 2.45) is 17.6 Å². The number of benzene rings is 1. The predicted molar refractivity (Wildman–Crippen MR) is 104 cm³/mol. The number of primary amides is 1. The van der Waals surface area contributed by atoms with E-state index in [0.29, 0.717) is 10.9 Å². The minimum absolute atomic E-state index is 0.0518. The van der Waals surface area contributed by atoms with E-state index >= 15 is 0 Å². The molecular weight excluding hydrogens is 364 g/mol. The summed E-state index contributed by atoms with van der Waals surface area (Å²) in [5, 5.41) is 13.2. The lowest BCUT2D eigenvalue weighted by Crippen LogP contribution is -2.41. The second-order valence-electron chi connectivity index (χ2n) is 7.61. The van der Waals surface area contributed by atoms with Crippen LogP contribution in [0, 0.1) is 11.8 Å². The van der Waals surface area contributed by atoms with Gasteiger partial charge < -0.3 is 5.73 Å². The van der Waals surface area contributed by atoms with Crippen molar-refractivity contribution in [1.29, 1.82) is 0 Å². The maximum absolute atomic E-state index is 11.5. The zero-order chi connectivity index (χ0) is 19.4. The van der Waals surface area contributed by atoms with Crippen LogP contribution < -0.4 is 5.73 Å². The van der Waals surface area contributed by atoms with Crippen LogP contribution in [0.25, 0.3) is 0 Å². The molecule has 0 saturated carbocycles. The van der Waals surface area contributed by atoms with E-state index in [-0.39, 0.29) is 17.9 Å². The van der Waals surface area contributed by atoms with Crippen molar-refractivity contribution in [3.63, 3.8) is 0 Å². The molecule has 0 spiro atoms. The number of nitrogens with zero attached hydrogens (tertiary/aromatic N) is 5. The van der Waals surface area contributed by atoms with E-state index in [1.807, 2.05) is 28.9 Å². The zero-order valence-electron chi connectivity index (χ0n) is 15.9. The predicted octanol–water partition coefficient (Wildman–Crippen LogP) is 2.66. The minimum Gasteiger partial charge on any atom is -0.369 e. The number of carbonyl (C=O) groups excluding carboxylic acids is 1. The Bertz CT molecular complexity index is 752. The number of hydrogen-bond acceptors (Lipinski definition) is 5. The lowest BCUT2D eigenvalue weighted by Gasteiger charge is -2.36. The van der Waals surface area contributed by atoms with Gasteiger partial charge in [-0.25, -0.2) is 4.68 Å². The van der Waals surface area contributed by atoms with Gasteiger partial charge in [-0.2, -0.15) is 0 Å². The Kier molecular flexibility index (Phi) is 6.44. The Morgan fingerprint density at radius 3 is 2.52 bits per heavy atom. The first-order valence-electron chi connectivity index (χ1n) is 9.50. The molecule has 1 aliphatic heterocycles. The first kappa shape index (κ1) is 19.8. The van der Waals surface area contributed by atoms with E-state index in [2.05, 4.69) is 34.3 Å². The van der Waals surface area contributed by atoms with Gasteiger partial charge in [-0.3, -0.25) is 9.69 Å². The van der Waals surface area contributed by atoms with E-state index in [1.54, 1.807) is 0 Å². The van der Waals surface area contributed by atoms with E-state index < -0.39 is 0 Å². The molecular formula is C19H27ClN6O. The molecule has 1 fully saturated rings. The highest BCUT2D eigenvalue weighted by Crippen LogP contribution is 2.32. The molecule has 1 atom stereocenters. The summed E-state index contributed by atoms with van der Waals surface area (Å²) in [6, 6.07) is 7.76. The van der Waals surface area contributed by atoms with Crippen LogP contribution in [0.15, 0.2) is 24.3 Å². The van der Waals surface area contributed by atoms with Gasteiger partial charge in [0, 0.05) is 17.5 Å². The highest BCUT2D eigenvalue weighted by atomic mass is 35.5. The molecule has 1 aromatic heterocycles. The summed E-state index contributed by atoms with van der Waals surface area (Å²) < 4.78 is 1.90. The van der Waals surface area contributed by atoms with Crippen molar-refractivity contribution in [1.82, 2.24) is 25.1 Å². The molecule has 0 aliphatic carbocycles. The molecule has 27 heavy (non-hydrogen) atoms. The van der Waals surface area contributed by atoms with Crippen molar-refractivity contribution < 1.29 is 4.79 Å². The first-order chi connectivity index (χ1) is 13.0.